The van der Waals surface area contributed by atoms with E-state index in [-0.39, 0.29) is 17.3 Å². The quantitative estimate of drug-likeness (QED) is 0.421. The molecule has 0 radical (unpaired) electrons. The number of fused-ring (bicyclic) bond motifs is 3. The molecule has 188 valence electrons. The number of aromatic nitrogens is 7. The molecule has 1 aliphatic heterocycles. The van der Waals surface area contributed by atoms with Crippen LogP contribution in [0.1, 0.15) is 44.2 Å². The number of nitrogens with zero attached hydrogens (tertiary/aromatic N) is 9. The van der Waals surface area contributed by atoms with Gasteiger partial charge in [-0.15, -0.1) is 0 Å². The lowest BCUT2D eigenvalue weighted by Crippen LogP contribution is -2.52. The molecule has 0 spiro atoms. The van der Waals surface area contributed by atoms with Gasteiger partial charge in [0, 0.05) is 44.0 Å². The van der Waals surface area contributed by atoms with E-state index in [1.165, 1.54) is 6.39 Å². The summed E-state index contributed by atoms with van der Waals surface area (Å²) in [6.45, 7) is 8.68. The van der Waals surface area contributed by atoms with Crippen molar-refractivity contribution in [2.45, 2.75) is 39.2 Å². The second-order valence-electron chi connectivity index (χ2n) is 11.0. The fraction of sp³-hybridized carbons (Fsp3) is 0.520. The molecule has 11 nitrogen and oxygen atoms in total. The molecule has 5 heterocycles. The fourth-order valence-corrected chi connectivity index (χ4v) is 5.90. The maximum atomic E-state index is 13.2. The predicted molar refractivity (Wildman–Crippen MR) is 132 cm³/mol. The van der Waals surface area contributed by atoms with E-state index in [4.69, 9.17) is 9.51 Å². The van der Waals surface area contributed by atoms with E-state index >= 15 is 0 Å². The normalized spacial score (nSPS) is 21.9. The van der Waals surface area contributed by atoms with Gasteiger partial charge in [-0.05, 0) is 57.4 Å². The number of rotatable bonds is 5. The second kappa shape index (κ2) is 8.42. The minimum atomic E-state index is -0.350. The molecule has 1 aliphatic carbocycles. The SMILES string of the molecule is Cn1cc(-c2cn3nccc3c(N3CC4CCC(C3)C4CN(C(=O)c3ncon3)C(C)(C)C)n2)cn1. The molecule has 2 aliphatic rings. The average molecular weight is 490 g/mol. The van der Waals surface area contributed by atoms with Crippen LogP contribution in [0.2, 0.25) is 0 Å². The molecule has 2 unspecified atom stereocenters. The Bertz CT molecular complexity index is 1370. The van der Waals surface area contributed by atoms with Crippen LogP contribution in [-0.4, -0.2) is 70.5 Å². The van der Waals surface area contributed by atoms with Gasteiger partial charge in [-0.3, -0.25) is 9.48 Å². The zero-order valence-corrected chi connectivity index (χ0v) is 21.1. The minimum absolute atomic E-state index is 0.120. The van der Waals surface area contributed by atoms with Gasteiger partial charge in [0.25, 0.3) is 11.7 Å². The number of hydrogen-bond donors (Lipinski definition) is 0. The fourth-order valence-electron chi connectivity index (χ4n) is 5.90. The first-order valence-corrected chi connectivity index (χ1v) is 12.4. The molecule has 0 aromatic carbocycles. The van der Waals surface area contributed by atoms with Crippen LogP contribution in [0.3, 0.4) is 0 Å². The topological polar surface area (TPSA) is 110 Å². The van der Waals surface area contributed by atoms with Crippen molar-refractivity contribution in [3.63, 3.8) is 0 Å². The highest BCUT2D eigenvalue weighted by molar-refractivity contribution is 5.90. The van der Waals surface area contributed by atoms with Crippen LogP contribution in [0, 0.1) is 17.8 Å². The van der Waals surface area contributed by atoms with Crippen molar-refractivity contribution < 1.29 is 9.32 Å². The highest BCUT2D eigenvalue weighted by atomic mass is 16.5. The Kier molecular flexibility index (Phi) is 5.31. The summed E-state index contributed by atoms with van der Waals surface area (Å²) >= 11 is 0. The van der Waals surface area contributed by atoms with Gasteiger partial charge >= 0.3 is 0 Å². The smallest absolute Gasteiger partial charge is 0.295 e. The molecule has 36 heavy (non-hydrogen) atoms. The lowest BCUT2D eigenvalue weighted by atomic mass is 9.83. The lowest BCUT2D eigenvalue weighted by molar-refractivity contribution is 0.0450. The summed E-state index contributed by atoms with van der Waals surface area (Å²) in [5.41, 5.74) is 2.48. The van der Waals surface area contributed by atoms with Crippen molar-refractivity contribution in [3.8, 4) is 11.3 Å². The maximum Gasteiger partial charge on any atom is 0.295 e. The van der Waals surface area contributed by atoms with Crippen LogP contribution < -0.4 is 4.90 Å². The van der Waals surface area contributed by atoms with Gasteiger partial charge in [0.2, 0.25) is 6.39 Å². The van der Waals surface area contributed by atoms with Gasteiger partial charge in [-0.2, -0.15) is 15.2 Å². The average Bonchev–Trinajstić information content (AvgIpc) is 3.63. The van der Waals surface area contributed by atoms with Gasteiger partial charge in [-0.25, -0.2) is 9.50 Å². The van der Waals surface area contributed by atoms with Crippen LogP contribution in [0.25, 0.3) is 16.8 Å². The standard InChI is InChI=1S/C25H31N9O2/c1-25(2,3)33(24(35)22-26-15-36-30-22)13-19-16-5-6-17(19)12-32(11-16)23-21-7-8-27-34(21)14-20(29-23)18-9-28-31(4)10-18/h7-10,14-17,19H,5-6,11-13H2,1-4H3. The summed E-state index contributed by atoms with van der Waals surface area (Å²) in [7, 11) is 1.91. The van der Waals surface area contributed by atoms with Gasteiger partial charge in [-0.1, -0.05) is 5.16 Å². The van der Waals surface area contributed by atoms with E-state index < -0.39 is 0 Å². The molecule has 4 aromatic rings. The van der Waals surface area contributed by atoms with Crippen molar-refractivity contribution >= 4 is 17.2 Å². The number of aryl methyl sites for hydroxylation is 1. The Balaban J connectivity index is 1.27. The first-order chi connectivity index (χ1) is 17.3. The molecule has 2 fully saturated rings. The van der Waals surface area contributed by atoms with Crippen molar-refractivity contribution in [3.05, 3.63) is 43.1 Å². The summed E-state index contributed by atoms with van der Waals surface area (Å²) < 4.78 is 8.53. The van der Waals surface area contributed by atoms with Crippen molar-refractivity contribution in [1.29, 1.82) is 0 Å². The summed E-state index contributed by atoms with van der Waals surface area (Å²) in [6, 6.07) is 2.02. The highest BCUT2D eigenvalue weighted by Crippen LogP contribution is 2.44. The third-order valence-electron chi connectivity index (χ3n) is 7.70. The number of carbonyl (C=O) groups excluding carboxylic acids is 1. The van der Waals surface area contributed by atoms with E-state index in [0.29, 0.717) is 24.3 Å². The molecule has 1 saturated heterocycles. The molecular formula is C25H31N9O2. The lowest BCUT2D eigenvalue weighted by Gasteiger charge is -2.44. The Morgan fingerprint density at radius 2 is 1.94 bits per heavy atom. The molecule has 1 saturated carbocycles. The largest absolute Gasteiger partial charge is 0.354 e. The van der Waals surface area contributed by atoms with Crippen molar-refractivity contribution in [2.75, 3.05) is 24.5 Å². The van der Waals surface area contributed by atoms with Crippen molar-refractivity contribution in [1.82, 2.24) is 39.4 Å². The molecule has 1 amide bonds. The van der Waals surface area contributed by atoms with Gasteiger partial charge in [0.1, 0.15) is 5.52 Å². The van der Waals surface area contributed by atoms with E-state index in [2.05, 4.69) is 46.0 Å². The van der Waals surface area contributed by atoms with E-state index in [1.54, 1.807) is 4.68 Å². The number of anilines is 1. The van der Waals surface area contributed by atoms with Crippen LogP contribution in [0.4, 0.5) is 5.82 Å². The first kappa shape index (κ1) is 22.7. The molecule has 4 aromatic heterocycles. The number of hydrogen-bond acceptors (Lipinski definition) is 8. The third-order valence-corrected chi connectivity index (χ3v) is 7.70. The van der Waals surface area contributed by atoms with Gasteiger partial charge < -0.3 is 14.3 Å². The molecule has 0 N–H and O–H groups in total. The summed E-state index contributed by atoms with van der Waals surface area (Å²) in [5, 5.41) is 12.6. The first-order valence-electron chi connectivity index (χ1n) is 12.4. The molecular weight excluding hydrogens is 458 g/mol. The maximum absolute atomic E-state index is 13.2. The summed E-state index contributed by atoms with van der Waals surface area (Å²) in [6.07, 6.45) is 11.1. The molecule has 2 atom stereocenters. The number of amides is 1. The van der Waals surface area contributed by atoms with Crippen LogP contribution >= 0.6 is 0 Å². The Hall–Kier alpha value is -3.76. The van der Waals surface area contributed by atoms with Crippen LogP contribution in [0.5, 0.6) is 0 Å². The molecule has 6 rings (SSSR count). The Morgan fingerprint density at radius 1 is 1.17 bits per heavy atom. The zero-order chi connectivity index (χ0) is 25.0. The minimum Gasteiger partial charge on any atom is -0.354 e. The van der Waals surface area contributed by atoms with E-state index in [9.17, 15) is 4.79 Å². The zero-order valence-electron chi connectivity index (χ0n) is 21.1. The van der Waals surface area contributed by atoms with Crippen molar-refractivity contribution in [2.24, 2.45) is 24.8 Å². The number of carbonyl (C=O) groups is 1. The van der Waals surface area contributed by atoms with Crippen LogP contribution in [0.15, 0.2) is 41.8 Å². The third kappa shape index (κ3) is 3.92. The molecule has 2 bridgehead atoms. The van der Waals surface area contributed by atoms with E-state index in [1.807, 2.05) is 47.3 Å². The summed E-state index contributed by atoms with van der Waals surface area (Å²) in [5.74, 6) is 2.26. The Labute approximate surface area is 209 Å². The van der Waals surface area contributed by atoms with E-state index in [0.717, 1.165) is 48.5 Å². The summed E-state index contributed by atoms with van der Waals surface area (Å²) in [4.78, 5) is 26.7. The predicted octanol–water partition coefficient (Wildman–Crippen LogP) is 2.92. The second-order valence-corrected chi connectivity index (χ2v) is 11.0. The Morgan fingerprint density at radius 3 is 2.58 bits per heavy atom. The van der Waals surface area contributed by atoms with Gasteiger partial charge in [0.05, 0.1) is 24.3 Å². The number of piperidine rings is 1. The highest BCUT2D eigenvalue weighted by Gasteiger charge is 2.45. The van der Waals surface area contributed by atoms with Crippen LogP contribution in [-0.2, 0) is 7.05 Å². The van der Waals surface area contributed by atoms with Gasteiger partial charge in [0.15, 0.2) is 5.82 Å². The monoisotopic (exact) mass is 489 g/mol. The molecule has 11 heteroatoms.